The van der Waals surface area contributed by atoms with Gasteiger partial charge in [-0.3, -0.25) is 20.2 Å². The summed E-state index contributed by atoms with van der Waals surface area (Å²) in [6.45, 7) is 1.91. The summed E-state index contributed by atoms with van der Waals surface area (Å²) in [6.07, 6.45) is 0. The first-order chi connectivity index (χ1) is 11.9. The van der Waals surface area contributed by atoms with Crippen molar-refractivity contribution >= 4 is 22.7 Å². The monoisotopic (exact) mass is 357 g/mol. The molecule has 0 bridgehead atoms. The van der Waals surface area contributed by atoms with Crippen LogP contribution in [0.5, 0.6) is 11.5 Å². The van der Waals surface area contributed by atoms with Crippen LogP contribution in [0, 0.1) is 27.2 Å². The van der Waals surface area contributed by atoms with Crippen LogP contribution in [0.25, 0.3) is 10.6 Å². The summed E-state index contributed by atoms with van der Waals surface area (Å²) in [5, 5.41) is 24.7. The number of nitrogens with zero attached hydrogens (tertiary/aromatic N) is 3. The van der Waals surface area contributed by atoms with Crippen molar-refractivity contribution in [3.8, 4) is 22.1 Å². The average Bonchev–Trinajstić information content (AvgIpc) is 3.02. The molecule has 0 unspecified atom stereocenters. The van der Waals surface area contributed by atoms with Crippen molar-refractivity contribution in [2.45, 2.75) is 6.92 Å². The number of thiazole rings is 1. The molecule has 0 fully saturated rings. The highest BCUT2D eigenvalue weighted by molar-refractivity contribution is 7.13. The lowest BCUT2D eigenvalue weighted by molar-refractivity contribution is -0.394. The predicted octanol–water partition coefficient (Wildman–Crippen LogP) is 4.73. The van der Waals surface area contributed by atoms with E-state index in [1.54, 1.807) is 24.3 Å². The molecule has 3 rings (SSSR count). The van der Waals surface area contributed by atoms with Crippen molar-refractivity contribution in [3.05, 3.63) is 73.8 Å². The lowest BCUT2D eigenvalue weighted by Gasteiger charge is -2.06. The molecule has 0 aliphatic heterocycles. The molecule has 0 saturated carbocycles. The Morgan fingerprint density at radius 3 is 2.32 bits per heavy atom. The zero-order valence-electron chi connectivity index (χ0n) is 12.9. The molecule has 25 heavy (non-hydrogen) atoms. The SMILES string of the molecule is Cc1csc(-c2ccc(Oc3ccc([N+](=O)[O-])cc3[N+](=O)[O-])cc2)n1. The van der Waals surface area contributed by atoms with Crippen LogP contribution in [-0.2, 0) is 0 Å². The molecule has 1 heterocycles. The summed E-state index contributed by atoms with van der Waals surface area (Å²) in [5.41, 5.74) is 1.01. The van der Waals surface area contributed by atoms with Gasteiger partial charge in [-0.15, -0.1) is 11.3 Å². The van der Waals surface area contributed by atoms with E-state index in [0.29, 0.717) is 5.75 Å². The number of aryl methyl sites for hydroxylation is 1. The first kappa shape index (κ1) is 16.5. The Hall–Kier alpha value is -3.33. The molecule has 0 amide bonds. The lowest BCUT2D eigenvalue weighted by Crippen LogP contribution is -1.96. The van der Waals surface area contributed by atoms with Gasteiger partial charge in [0.15, 0.2) is 0 Å². The van der Waals surface area contributed by atoms with Crippen molar-refractivity contribution in [1.82, 2.24) is 4.98 Å². The lowest BCUT2D eigenvalue weighted by atomic mass is 10.2. The molecule has 0 aliphatic rings. The zero-order valence-corrected chi connectivity index (χ0v) is 13.7. The van der Waals surface area contributed by atoms with Crippen LogP contribution in [-0.4, -0.2) is 14.8 Å². The summed E-state index contributed by atoms with van der Waals surface area (Å²) in [4.78, 5) is 24.9. The number of hydrogen-bond acceptors (Lipinski definition) is 7. The van der Waals surface area contributed by atoms with Gasteiger partial charge in [-0.2, -0.15) is 0 Å². The van der Waals surface area contributed by atoms with Gasteiger partial charge >= 0.3 is 5.69 Å². The zero-order chi connectivity index (χ0) is 18.0. The quantitative estimate of drug-likeness (QED) is 0.482. The minimum Gasteiger partial charge on any atom is -0.450 e. The van der Waals surface area contributed by atoms with Crippen molar-refractivity contribution < 1.29 is 14.6 Å². The number of ether oxygens (including phenoxy) is 1. The van der Waals surface area contributed by atoms with Gasteiger partial charge in [0.2, 0.25) is 5.75 Å². The Morgan fingerprint density at radius 2 is 1.76 bits per heavy atom. The van der Waals surface area contributed by atoms with E-state index in [1.807, 2.05) is 12.3 Å². The Balaban J connectivity index is 1.87. The molecule has 9 heteroatoms. The summed E-state index contributed by atoms with van der Waals surface area (Å²) < 4.78 is 5.52. The second kappa shape index (κ2) is 6.65. The van der Waals surface area contributed by atoms with Gasteiger partial charge in [0.25, 0.3) is 5.69 Å². The van der Waals surface area contributed by atoms with E-state index in [-0.39, 0.29) is 11.4 Å². The number of non-ortho nitro benzene ring substituents is 1. The third kappa shape index (κ3) is 3.61. The molecular formula is C16H11N3O5S. The normalized spacial score (nSPS) is 10.4. The van der Waals surface area contributed by atoms with E-state index in [4.69, 9.17) is 4.74 Å². The van der Waals surface area contributed by atoms with Crippen molar-refractivity contribution in [2.75, 3.05) is 0 Å². The Kier molecular flexibility index (Phi) is 4.40. The van der Waals surface area contributed by atoms with Gasteiger partial charge in [-0.05, 0) is 37.3 Å². The standard InChI is InChI=1S/C16H11N3O5S/c1-10-9-25-16(17-10)11-2-5-13(6-3-11)24-15-7-4-12(18(20)21)8-14(15)19(22)23/h2-9H,1H3. The Morgan fingerprint density at radius 1 is 1.04 bits per heavy atom. The second-order valence-electron chi connectivity index (χ2n) is 5.09. The topological polar surface area (TPSA) is 108 Å². The molecule has 8 nitrogen and oxygen atoms in total. The second-order valence-corrected chi connectivity index (χ2v) is 5.94. The number of rotatable bonds is 5. The van der Waals surface area contributed by atoms with E-state index >= 15 is 0 Å². The van der Waals surface area contributed by atoms with Crippen molar-refractivity contribution in [3.63, 3.8) is 0 Å². The van der Waals surface area contributed by atoms with Crippen LogP contribution < -0.4 is 4.74 Å². The Bertz CT molecular complexity index is 953. The maximum Gasteiger partial charge on any atom is 0.318 e. The van der Waals surface area contributed by atoms with Gasteiger partial charge in [0.1, 0.15) is 10.8 Å². The third-order valence-corrected chi connectivity index (χ3v) is 4.31. The largest absolute Gasteiger partial charge is 0.450 e. The summed E-state index contributed by atoms with van der Waals surface area (Å²) in [7, 11) is 0. The molecular weight excluding hydrogens is 346 g/mol. The van der Waals surface area contributed by atoms with Crippen LogP contribution >= 0.6 is 11.3 Å². The van der Waals surface area contributed by atoms with E-state index in [2.05, 4.69) is 4.98 Å². The average molecular weight is 357 g/mol. The number of aromatic nitrogens is 1. The van der Waals surface area contributed by atoms with E-state index in [9.17, 15) is 20.2 Å². The van der Waals surface area contributed by atoms with Gasteiger partial charge < -0.3 is 4.74 Å². The molecule has 0 atom stereocenters. The third-order valence-electron chi connectivity index (χ3n) is 3.30. The highest BCUT2D eigenvalue weighted by atomic mass is 32.1. The van der Waals surface area contributed by atoms with Gasteiger partial charge in [0, 0.05) is 22.7 Å². The predicted molar refractivity (Wildman–Crippen MR) is 92.1 cm³/mol. The van der Waals surface area contributed by atoms with Gasteiger partial charge in [-0.25, -0.2) is 4.98 Å². The molecule has 0 spiro atoms. The highest BCUT2D eigenvalue weighted by Crippen LogP contribution is 2.35. The van der Waals surface area contributed by atoms with E-state index < -0.39 is 15.5 Å². The highest BCUT2D eigenvalue weighted by Gasteiger charge is 2.21. The van der Waals surface area contributed by atoms with Crippen LogP contribution in [0.4, 0.5) is 11.4 Å². The number of nitro groups is 2. The minimum absolute atomic E-state index is 0.0616. The number of nitro benzene ring substituents is 2. The molecule has 0 N–H and O–H groups in total. The Labute approximate surface area is 145 Å². The summed E-state index contributed by atoms with van der Waals surface area (Å²) >= 11 is 1.52. The molecule has 2 aromatic carbocycles. The maximum atomic E-state index is 11.1. The van der Waals surface area contributed by atoms with Gasteiger partial charge in [0.05, 0.1) is 15.9 Å². The fraction of sp³-hybridized carbons (Fsp3) is 0.0625. The molecule has 3 aromatic rings. The molecule has 0 radical (unpaired) electrons. The van der Waals surface area contributed by atoms with E-state index in [1.165, 1.54) is 17.4 Å². The van der Waals surface area contributed by atoms with Crippen molar-refractivity contribution in [1.29, 1.82) is 0 Å². The van der Waals surface area contributed by atoms with Crippen LogP contribution in [0.1, 0.15) is 5.69 Å². The fourth-order valence-corrected chi connectivity index (χ4v) is 2.93. The molecule has 0 aliphatic carbocycles. The van der Waals surface area contributed by atoms with Crippen molar-refractivity contribution in [2.24, 2.45) is 0 Å². The molecule has 0 saturated heterocycles. The number of hydrogen-bond donors (Lipinski definition) is 0. The fourth-order valence-electron chi connectivity index (χ4n) is 2.13. The first-order valence-electron chi connectivity index (χ1n) is 7.07. The molecule has 126 valence electrons. The summed E-state index contributed by atoms with van der Waals surface area (Å²) in [5.74, 6) is 0.322. The maximum absolute atomic E-state index is 11.1. The molecule has 1 aromatic heterocycles. The minimum atomic E-state index is -0.713. The van der Waals surface area contributed by atoms with Gasteiger partial charge in [-0.1, -0.05) is 0 Å². The summed E-state index contributed by atoms with van der Waals surface area (Å²) in [6, 6.07) is 10.2. The van der Waals surface area contributed by atoms with Crippen LogP contribution in [0.2, 0.25) is 0 Å². The van der Waals surface area contributed by atoms with Crippen LogP contribution in [0.15, 0.2) is 47.8 Å². The van der Waals surface area contributed by atoms with E-state index in [0.717, 1.165) is 28.4 Å². The first-order valence-corrected chi connectivity index (χ1v) is 7.95. The number of benzene rings is 2. The smallest absolute Gasteiger partial charge is 0.318 e. The van der Waals surface area contributed by atoms with Crippen LogP contribution in [0.3, 0.4) is 0 Å².